The summed E-state index contributed by atoms with van der Waals surface area (Å²) in [7, 11) is 1.72. The molecule has 0 aromatic heterocycles. The Hall–Kier alpha value is -1.42. The van der Waals surface area contributed by atoms with E-state index < -0.39 is 0 Å². The fourth-order valence-electron chi connectivity index (χ4n) is 1.62. The number of benzene rings is 1. The lowest BCUT2D eigenvalue weighted by atomic mass is 10.2. The van der Waals surface area contributed by atoms with Gasteiger partial charge in [-0.1, -0.05) is 13.8 Å². The number of hydrogen-bond acceptors (Lipinski definition) is 4. The lowest BCUT2D eigenvalue weighted by Gasteiger charge is -2.14. The molecule has 1 aromatic carbocycles. The van der Waals surface area contributed by atoms with Crippen molar-refractivity contribution in [2.75, 3.05) is 37.9 Å². The molecule has 0 aliphatic rings. The maximum absolute atomic E-state index is 5.86. The van der Waals surface area contributed by atoms with E-state index in [1.807, 2.05) is 18.2 Å². The zero-order valence-electron chi connectivity index (χ0n) is 11.5. The first kappa shape index (κ1) is 14.6. The zero-order valence-corrected chi connectivity index (χ0v) is 11.5. The highest BCUT2D eigenvalue weighted by Crippen LogP contribution is 2.25. The highest BCUT2D eigenvalue weighted by Gasteiger charge is 2.04. The van der Waals surface area contributed by atoms with Gasteiger partial charge in [0.25, 0.3) is 0 Å². The smallest absolute Gasteiger partial charge is 0.144 e. The molecule has 0 aliphatic carbocycles. The van der Waals surface area contributed by atoms with Crippen LogP contribution in [0.2, 0.25) is 0 Å². The highest BCUT2D eigenvalue weighted by atomic mass is 16.5. The zero-order chi connectivity index (χ0) is 13.4. The fraction of sp³-hybridized carbons (Fsp3) is 0.571. The Kier molecular flexibility index (Phi) is 6.36. The summed E-state index contributed by atoms with van der Waals surface area (Å²) in [5.74, 6) is 1.22. The molecule has 1 unspecified atom stereocenters. The molecule has 1 rings (SSSR count). The molecule has 0 saturated carbocycles. The molecule has 4 heteroatoms. The second-order valence-corrected chi connectivity index (χ2v) is 4.54. The first-order valence-electron chi connectivity index (χ1n) is 6.42. The molecule has 0 radical (unpaired) electrons. The van der Waals surface area contributed by atoms with Gasteiger partial charge in [-0.25, -0.2) is 0 Å². The van der Waals surface area contributed by atoms with Crippen molar-refractivity contribution in [2.24, 2.45) is 5.92 Å². The highest BCUT2D eigenvalue weighted by molar-refractivity contribution is 5.61. The number of ether oxygens (including phenoxy) is 2. The Morgan fingerprint density at radius 3 is 2.83 bits per heavy atom. The number of methoxy groups -OCH3 is 1. The molecule has 0 saturated heterocycles. The summed E-state index contributed by atoms with van der Waals surface area (Å²) in [4.78, 5) is 0. The van der Waals surface area contributed by atoms with Crippen molar-refractivity contribution in [3.05, 3.63) is 18.2 Å². The number of anilines is 2. The lowest BCUT2D eigenvalue weighted by molar-refractivity contribution is 0.164. The number of nitrogen functional groups attached to an aromatic ring is 1. The Morgan fingerprint density at radius 1 is 1.39 bits per heavy atom. The van der Waals surface area contributed by atoms with Crippen molar-refractivity contribution in [3.8, 4) is 5.75 Å². The first-order valence-corrected chi connectivity index (χ1v) is 6.42. The minimum Gasteiger partial charge on any atom is -0.491 e. The summed E-state index contributed by atoms with van der Waals surface area (Å²) in [6, 6.07) is 5.78. The summed E-state index contributed by atoms with van der Waals surface area (Å²) in [6.07, 6.45) is 0.974. The van der Waals surface area contributed by atoms with Gasteiger partial charge in [0.1, 0.15) is 5.75 Å². The quantitative estimate of drug-likeness (QED) is 0.698. The van der Waals surface area contributed by atoms with Crippen LogP contribution in [0.25, 0.3) is 0 Å². The molecule has 0 heterocycles. The van der Waals surface area contributed by atoms with Crippen LogP contribution in [0.5, 0.6) is 5.75 Å². The molecule has 4 nitrogen and oxygen atoms in total. The number of nitrogens with one attached hydrogen (secondary N) is 1. The lowest BCUT2D eigenvalue weighted by Crippen LogP contribution is -2.15. The predicted octanol–water partition coefficient (Wildman–Crippen LogP) is 2.75. The monoisotopic (exact) mass is 252 g/mol. The van der Waals surface area contributed by atoms with E-state index in [4.69, 9.17) is 15.2 Å². The molecule has 18 heavy (non-hydrogen) atoms. The Labute approximate surface area is 109 Å². The fourth-order valence-corrected chi connectivity index (χ4v) is 1.62. The minimum absolute atomic E-state index is 0.465. The van der Waals surface area contributed by atoms with Crippen molar-refractivity contribution in [1.82, 2.24) is 0 Å². The van der Waals surface area contributed by atoms with Gasteiger partial charge in [-0.15, -0.1) is 0 Å². The molecule has 3 N–H and O–H groups in total. The van der Waals surface area contributed by atoms with E-state index in [1.54, 1.807) is 7.11 Å². The van der Waals surface area contributed by atoms with Crippen molar-refractivity contribution in [1.29, 1.82) is 0 Å². The largest absolute Gasteiger partial charge is 0.491 e. The molecule has 0 fully saturated rings. The van der Waals surface area contributed by atoms with Crippen molar-refractivity contribution in [2.45, 2.75) is 20.3 Å². The Bertz CT molecular complexity index is 356. The summed E-state index contributed by atoms with van der Waals surface area (Å²) in [5, 5.41) is 3.36. The molecular formula is C14H24N2O2. The Balaban J connectivity index is 2.55. The SMILES string of the molecule is CCCOc1cc(NCC(C)COC)ccc1N. The van der Waals surface area contributed by atoms with Crippen molar-refractivity contribution >= 4 is 11.4 Å². The number of hydrogen-bond donors (Lipinski definition) is 2. The summed E-state index contributed by atoms with van der Waals surface area (Å²) >= 11 is 0. The van der Waals surface area contributed by atoms with Crippen LogP contribution in [0.15, 0.2) is 18.2 Å². The topological polar surface area (TPSA) is 56.5 Å². The first-order chi connectivity index (χ1) is 8.67. The predicted molar refractivity (Wildman–Crippen MR) is 76.2 cm³/mol. The van der Waals surface area contributed by atoms with Crippen molar-refractivity contribution < 1.29 is 9.47 Å². The van der Waals surface area contributed by atoms with Gasteiger partial charge in [0, 0.05) is 25.4 Å². The van der Waals surface area contributed by atoms with Crippen LogP contribution >= 0.6 is 0 Å². The summed E-state index contributed by atoms with van der Waals surface area (Å²) < 4.78 is 10.7. The molecule has 102 valence electrons. The van der Waals surface area contributed by atoms with E-state index in [9.17, 15) is 0 Å². The van der Waals surface area contributed by atoms with Crippen LogP contribution in [0.4, 0.5) is 11.4 Å². The van der Waals surface area contributed by atoms with Crippen LogP contribution in [0, 0.1) is 5.92 Å². The van der Waals surface area contributed by atoms with Gasteiger partial charge >= 0.3 is 0 Å². The summed E-state index contributed by atoms with van der Waals surface area (Å²) in [6.45, 7) is 6.52. The molecular weight excluding hydrogens is 228 g/mol. The number of rotatable bonds is 8. The van der Waals surface area contributed by atoms with E-state index in [0.717, 1.165) is 31.0 Å². The molecule has 1 aromatic rings. The third-order valence-corrected chi connectivity index (χ3v) is 2.58. The normalized spacial score (nSPS) is 12.2. The van der Waals surface area contributed by atoms with Gasteiger partial charge < -0.3 is 20.5 Å². The maximum atomic E-state index is 5.86. The van der Waals surface area contributed by atoms with E-state index in [0.29, 0.717) is 18.2 Å². The third kappa shape index (κ3) is 4.84. The second kappa shape index (κ2) is 7.82. The van der Waals surface area contributed by atoms with Crippen LogP contribution in [-0.4, -0.2) is 26.9 Å². The molecule has 0 bridgehead atoms. The van der Waals surface area contributed by atoms with Gasteiger partial charge in [0.15, 0.2) is 0 Å². The number of nitrogens with two attached hydrogens (primary N) is 1. The van der Waals surface area contributed by atoms with Crippen molar-refractivity contribution in [3.63, 3.8) is 0 Å². The maximum Gasteiger partial charge on any atom is 0.144 e. The van der Waals surface area contributed by atoms with Gasteiger partial charge in [0.05, 0.1) is 18.9 Å². The van der Waals surface area contributed by atoms with E-state index in [-0.39, 0.29) is 0 Å². The van der Waals surface area contributed by atoms with Gasteiger partial charge in [-0.05, 0) is 24.5 Å². The average molecular weight is 252 g/mol. The average Bonchev–Trinajstić information content (AvgIpc) is 2.36. The minimum atomic E-state index is 0.465. The molecule has 0 aliphatic heterocycles. The van der Waals surface area contributed by atoms with Gasteiger partial charge in [-0.3, -0.25) is 0 Å². The second-order valence-electron chi connectivity index (χ2n) is 4.54. The molecule has 1 atom stereocenters. The van der Waals surface area contributed by atoms with Gasteiger partial charge in [0.2, 0.25) is 0 Å². The summed E-state index contributed by atoms with van der Waals surface area (Å²) in [5.41, 5.74) is 7.57. The van der Waals surface area contributed by atoms with Gasteiger partial charge in [-0.2, -0.15) is 0 Å². The van der Waals surface area contributed by atoms with Crippen LogP contribution in [0.1, 0.15) is 20.3 Å². The van der Waals surface area contributed by atoms with Crippen LogP contribution in [0.3, 0.4) is 0 Å². The van der Waals surface area contributed by atoms with E-state index >= 15 is 0 Å². The third-order valence-electron chi connectivity index (χ3n) is 2.58. The Morgan fingerprint density at radius 2 is 2.17 bits per heavy atom. The van der Waals surface area contributed by atoms with E-state index in [2.05, 4.69) is 19.2 Å². The van der Waals surface area contributed by atoms with E-state index in [1.165, 1.54) is 0 Å². The molecule has 0 spiro atoms. The standard InChI is InChI=1S/C14H24N2O2/c1-4-7-18-14-8-12(5-6-13(14)15)16-9-11(2)10-17-3/h5-6,8,11,16H,4,7,9-10,15H2,1-3H3. The van der Waals surface area contributed by atoms with Crippen LogP contribution < -0.4 is 15.8 Å². The molecule has 0 amide bonds. The van der Waals surface area contributed by atoms with Crippen LogP contribution in [-0.2, 0) is 4.74 Å².